The molecule has 0 atom stereocenters. The number of rotatable bonds is 8. The summed E-state index contributed by atoms with van der Waals surface area (Å²) >= 11 is 0. The van der Waals surface area contributed by atoms with E-state index in [-0.39, 0.29) is 0 Å². The largest absolute Gasteiger partial charge is 0.502 e. The Labute approximate surface area is 215 Å². The van der Waals surface area contributed by atoms with Crippen molar-refractivity contribution < 1.29 is 23.4 Å². The summed E-state index contributed by atoms with van der Waals surface area (Å²) in [5, 5.41) is 6.11. The van der Waals surface area contributed by atoms with Gasteiger partial charge in [-0.3, -0.25) is 9.97 Å². The number of urea groups is 1. The van der Waals surface area contributed by atoms with Crippen molar-refractivity contribution in [2.75, 3.05) is 31.0 Å². The van der Waals surface area contributed by atoms with E-state index >= 15 is 0 Å². The molecule has 2 heterocycles. The molecule has 3 N–H and O–H groups in total. The molecule has 190 valence electrons. The van der Waals surface area contributed by atoms with Crippen molar-refractivity contribution >= 4 is 45.1 Å². The van der Waals surface area contributed by atoms with Crippen LogP contribution in [0.1, 0.15) is 0 Å². The molecule has 0 saturated carbocycles. The van der Waals surface area contributed by atoms with Crippen LogP contribution in [0, 0.1) is 6.57 Å². The Morgan fingerprint density at radius 1 is 1.03 bits per heavy atom. The first-order chi connectivity index (χ1) is 18.5. The van der Waals surface area contributed by atoms with Crippen LogP contribution in [0.5, 0.6) is 17.2 Å². The van der Waals surface area contributed by atoms with Gasteiger partial charge in [-0.25, -0.2) is 14.4 Å². The lowest BCUT2D eigenvalue weighted by Gasteiger charge is -2.13. The third-order valence-corrected chi connectivity index (χ3v) is 5.46. The number of fused-ring (bicyclic) bond motifs is 2. The first-order valence-corrected chi connectivity index (χ1v) is 11.4. The van der Waals surface area contributed by atoms with E-state index in [0.717, 1.165) is 0 Å². The van der Waals surface area contributed by atoms with Gasteiger partial charge >= 0.3 is 11.8 Å². The third-order valence-electron chi connectivity index (χ3n) is 5.46. The predicted octanol–water partition coefficient (Wildman–Crippen LogP) is 5.68. The molecule has 0 fully saturated rings. The van der Waals surface area contributed by atoms with Gasteiger partial charge in [0.15, 0.2) is 5.58 Å². The van der Waals surface area contributed by atoms with Gasteiger partial charge < -0.3 is 29.3 Å². The Balaban J connectivity index is 1.27. The molecule has 3 aromatic carbocycles. The summed E-state index contributed by atoms with van der Waals surface area (Å²) in [5.74, 6) is 0.921. The second-order valence-corrected chi connectivity index (χ2v) is 8.03. The molecule has 11 nitrogen and oxygen atoms in total. The van der Waals surface area contributed by atoms with Crippen molar-refractivity contribution in [3.05, 3.63) is 88.8 Å². The second kappa shape index (κ2) is 10.7. The number of hydrogen-bond donors (Lipinski definition) is 3. The van der Waals surface area contributed by atoms with E-state index in [1.165, 1.54) is 0 Å². The van der Waals surface area contributed by atoms with Crippen LogP contribution in [0.25, 0.3) is 26.8 Å². The van der Waals surface area contributed by atoms with Crippen LogP contribution in [-0.2, 0) is 4.74 Å². The average molecular weight is 511 g/mol. The van der Waals surface area contributed by atoms with E-state index in [4.69, 9.17) is 25.2 Å². The summed E-state index contributed by atoms with van der Waals surface area (Å²) in [6.07, 6.45) is 1.62. The van der Waals surface area contributed by atoms with Gasteiger partial charge in [0.05, 0.1) is 24.2 Å². The van der Waals surface area contributed by atoms with Crippen molar-refractivity contribution in [1.29, 1.82) is 0 Å². The molecule has 0 spiro atoms. The molecule has 0 radical (unpaired) electrons. The van der Waals surface area contributed by atoms with Crippen molar-refractivity contribution in [2.24, 2.45) is 0 Å². The second-order valence-electron chi connectivity index (χ2n) is 8.03. The van der Waals surface area contributed by atoms with E-state index < -0.39 is 11.8 Å². The fourth-order valence-electron chi connectivity index (χ4n) is 3.72. The maximum Gasteiger partial charge on any atom is 0.417 e. The van der Waals surface area contributed by atoms with Gasteiger partial charge in [-0.2, -0.15) is 0 Å². The lowest BCUT2D eigenvalue weighted by atomic mass is 10.1. The molecule has 0 aliphatic carbocycles. The normalized spacial score (nSPS) is 10.7. The van der Waals surface area contributed by atoms with Crippen LogP contribution in [0.3, 0.4) is 0 Å². The Kier molecular flexibility index (Phi) is 6.88. The highest BCUT2D eigenvalue weighted by molar-refractivity contribution is 6.00. The summed E-state index contributed by atoms with van der Waals surface area (Å²) in [7, 11) is 1.58. The molecule has 5 rings (SSSR count). The Bertz CT molecular complexity index is 1720. The maximum absolute atomic E-state index is 12.4. The van der Waals surface area contributed by atoms with Crippen LogP contribution in [0.15, 0.2) is 76.1 Å². The molecule has 0 aliphatic rings. The molecule has 2 aromatic heterocycles. The predicted molar refractivity (Wildman–Crippen MR) is 141 cm³/mol. The average Bonchev–Trinajstić information content (AvgIpc) is 3.29. The molecule has 0 saturated heterocycles. The van der Waals surface area contributed by atoms with Crippen LogP contribution >= 0.6 is 0 Å². The number of amides is 2. The van der Waals surface area contributed by atoms with Gasteiger partial charge in [-0.05, 0) is 60.7 Å². The minimum atomic E-state index is -0.563. The summed E-state index contributed by atoms with van der Waals surface area (Å²) < 4.78 is 21.7. The fourth-order valence-corrected chi connectivity index (χ4v) is 3.72. The molecule has 5 aromatic rings. The van der Waals surface area contributed by atoms with E-state index in [9.17, 15) is 9.59 Å². The number of hydrogen-bond acceptors (Lipinski definition) is 7. The number of oxazole rings is 1. The number of anilines is 2. The highest BCUT2D eigenvalue weighted by Gasteiger charge is 2.12. The summed E-state index contributed by atoms with van der Waals surface area (Å²) in [6, 6.07) is 16.3. The number of nitrogens with zero attached hydrogens (tertiary/aromatic N) is 2. The minimum Gasteiger partial charge on any atom is -0.502 e. The first-order valence-electron chi connectivity index (χ1n) is 11.4. The highest BCUT2D eigenvalue weighted by Crippen LogP contribution is 2.37. The maximum atomic E-state index is 12.4. The molecular weight excluding hydrogens is 490 g/mol. The molecule has 0 aliphatic heterocycles. The lowest BCUT2D eigenvalue weighted by molar-refractivity contribution is 0.147. The third kappa shape index (κ3) is 5.40. The number of nitrogens with one attached hydrogen (secondary N) is 3. The number of H-pyrrole nitrogens is 1. The van der Waals surface area contributed by atoms with Gasteiger partial charge in [-0.15, -0.1) is 0 Å². The monoisotopic (exact) mass is 511 g/mol. The standard InChI is InChI=1S/C27H21N5O6/c1-28-21-14-19-20(15-25(21)36-12-11-35-2)29-10-9-23(19)37-18-6-3-16(4-7-18)30-26(33)31-17-5-8-24-22(13-17)32-27(34)38-24/h3-10,13-15H,11-12H2,2H3,(H,32,34)(H2,30,31,33). The van der Waals surface area contributed by atoms with Crippen LogP contribution in [0.4, 0.5) is 21.9 Å². The van der Waals surface area contributed by atoms with E-state index in [1.807, 2.05) is 0 Å². The number of ether oxygens (including phenoxy) is 3. The van der Waals surface area contributed by atoms with Gasteiger partial charge in [0.2, 0.25) is 5.69 Å². The molecule has 2 amide bonds. The number of aromatic amines is 1. The number of carbonyl (C=O) groups is 1. The SMILES string of the molecule is [C-]#[N+]c1cc2c(Oc3ccc(NC(=O)Nc4ccc5oc(=O)[nH]c5c4)cc3)ccnc2cc1OCCOC. The molecule has 38 heavy (non-hydrogen) atoms. The topological polar surface area (TPSA) is 132 Å². The number of aromatic nitrogens is 2. The zero-order valence-corrected chi connectivity index (χ0v) is 20.1. The number of pyridine rings is 1. The quantitative estimate of drug-likeness (QED) is 0.180. The van der Waals surface area contributed by atoms with Crippen molar-refractivity contribution in [3.63, 3.8) is 0 Å². The van der Waals surface area contributed by atoms with E-state index in [0.29, 0.717) is 69.5 Å². The number of methoxy groups -OCH3 is 1. The van der Waals surface area contributed by atoms with E-state index in [1.54, 1.807) is 74.0 Å². The van der Waals surface area contributed by atoms with Gasteiger partial charge in [0.1, 0.15) is 23.9 Å². The van der Waals surface area contributed by atoms with Gasteiger partial charge in [-0.1, -0.05) is 0 Å². The summed E-state index contributed by atoms with van der Waals surface area (Å²) in [6.45, 7) is 8.24. The Morgan fingerprint density at radius 2 is 1.82 bits per heavy atom. The molecule has 0 bridgehead atoms. The zero-order chi connectivity index (χ0) is 26.5. The Hall–Kier alpha value is -5.34. The lowest BCUT2D eigenvalue weighted by Crippen LogP contribution is -2.19. The summed E-state index contributed by atoms with van der Waals surface area (Å²) in [4.78, 5) is 34.2. The molecule has 11 heteroatoms. The smallest absolute Gasteiger partial charge is 0.417 e. The van der Waals surface area contributed by atoms with Crippen molar-refractivity contribution in [3.8, 4) is 17.2 Å². The highest BCUT2D eigenvalue weighted by atomic mass is 16.5. The Morgan fingerprint density at radius 3 is 2.61 bits per heavy atom. The van der Waals surface area contributed by atoms with E-state index in [2.05, 4.69) is 25.4 Å². The minimum absolute atomic E-state index is 0.319. The van der Waals surface area contributed by atoms with Gasteiger partial charge in [0.25, 0.3) is 0 Å². The summed E-state index contributed by atoms with van der Waals surface area (Å²) in [5.41, 5.74) is 2.88. The van der Waals surface area contributed by atoms with Crippen LogP contribution in [-0.4, -0.2) is 36.3 Å². The molecular formula is C27H21N5O6. The van der Waals surface area contributed by atoms with Gasteiger partial charge in [0, 0.05) is 30.1 Å². The number of benzene rings is 3. The van der Waals surface area contributed by atoms with Crippen molar-refractivity contribution in [1.82, 2.24) is 9.97 Å². The van der Waals surface area contributed by atoms with Crippen molar-refractivity contribution in [2.45, 2.75) is 0 Å². The molecule has 0 unspecified atom stereocenters. The van der Waals surface area contributed by atoms with Crippen LogP contribution < -0.4 is 25.9 Å². The van der Waals surface area contributed by atoms with Crippen LogP contribution in [0.2, 0.25) is 0 Å². The first kappa shape index (κ1) is 24.4. The fraction of sp³-hybridized carbons (Fsp3) is 0.111. The zero-order valence-electron chi connectivity index (χ0n) is 20.1. The number of carbonyl (C=O) groups excluding carboxylic acids is 1.